The van der Waals surface area contributed by atoms with Gasteiger partial charge >= 0.3 is 11.9 Å². The fraction of sp³-hybridized carbons (Fsp3) is 0.900. The largest absolute Gasteiger partial charge is 0.465 e. The monoisotopic (exact) mass is 403 g/mol. The summed E-state index contributed by atoms with van der Waals surface area (Å²) in [6.45, 7) is 11.1. The van der Waals surface area contributed by atoms with Crippen molar-refractivity contribution < 1.29 is 34.4 Å². The maximum Gasteiger partial charge on any atom is 0.309 e. The second-order valence-corrected chi connectivity index (χ2v) is 8.58. The van der Waals surface area contributed by atoms with Gasteiger partial charge in [-0.2, -0.15) is 0 Å². The molecule has 8 heteroatoms. The average molecular weight is 404 g/mol. The van der Waals surface area contributed by atoms with E-state index in [2.05, 4.69) is 0 Å². The van der Waals surface area contributed by atoms with Crippen molar-refractivity contribution >= 4 is 11.9 Å². The molecule has 1 saturated carbocycles. The normalized spacial score (nSPS) is 27.7. The summed E-state index contributed by atoms with van der Waals surface area (Å²) < 4.78 is 10.7. The topological polar surface area (TPSA) is 117 Å². The van der Waals surface area contributed by atoms with Crippen molar-refractivity contribution in [3.8, 4) is 0 Å². The molecule has 0 aromatic rings. The lowest BCUT2D eigenvalue weighted by atomic mass is 9.74. The van der Waals surface area contributed by atoms with Crippen LogP contribution in [0.2, 0.25) is 0 Å². The second kappa shape index (κ2) is 11.1. The molecule has 0 aliphatic heterocycles. The third-order valence-electron chi connectivity index (χ3n) is 4.89. The number of hydrogen-bond acceptors (Lipinski definition) is 8. The van der Waals surface area contributed by atoms with Crippen LogP contribution in [0.15, 0.2) is 0 Å². The van der Waals surface area contributed by atoms with Gasteiger partial charge in [0.05, 0.1) is 31.2 Å². The van der Waals surface area contributed by atoms with Crippen LogP contribution in [0.4, 0.5) is 0 Å². The van der Waals surface area contributed by atoms with Gasteiger partial charge in [0.2, 0.25) is 0 Å². The van der Waals surface area contributed by atoms with Crippen molar-refractivity contribution in [1.29, 1.82) is 0 Å². The Morgan fingerprint density at radius 1 is 0.857 bits per heavy atom. The molecule has 0 amide bonds. The molecule has 28 heavy (non-hydrogen) atoms. The van der Waals surface area contributed by atoms with Crippen molar-refractivity contribution in [2.75, 3.05) is 13.2 Å². The van der Waals surface area contributed by atoms with E-state index < -0.39 is 48.4 Å². The van der Waals surface area contributed by atoms with Crippen molar-refractivity contribution in [3.63, 3.8) is 0 Å². The predicted octanol–water partition coefficient (Wildman–Crippen LogP) is 1.12. The molecule has 0 saturated heterocycles. The molecule has 1 fully saturated rings. The Bertz CT molecular complexity index is 499. The maximum absolute atomic E-state index is 12.7. The third kappa shape index (κ3) is 6.99. The summed E-state index contributed by atoms with van der Waals surface area (Å²) in [6, 6.07) is -0.689. The molecule has 1 aliphatic rings. The van der Waals surface area contributed by atoms with Crippen LogP contribution < -0.4 is 0 Å². The summed E-state index contributed by atoms with van der Waals surface area (Å²) in [5, 5.41) is 30.7. The van der Waals surface area contributed by atoms with Gasteiger partial charge in [-0.25, -0.2) is 4.90 Å². The maximum atomic E-state index is 12.7. The molecular formula is C20H37NO7. The van der Waals surface area contributed by atoms with Gasteiger partial charge in [0.15, 0.2) is 0 Å². The molecule has 3 N–H and O–H groups in total. The molecule has 1 rings (SSSR count). The molecule has 0 radical (unpaired) electrons. The van der Waals surface area contributed by atoms with E-state index in [0.717, 1.165) is 0 Å². The van der Waals surface area contributed by atoms with E-state index >= 15 is 0 Å². The van der Waals surface area contributed by atoms with Gasteiger partial charge in [0.1, 0.15) is 12.5 Å². The predicted molar refractivity (Wildman–Crippen MR) is 103 cm³/mol. The zero-order valence-electron chi connectivity index (χ0n) is 17.9. The number of carbonyl (C=O) groups is 2. The molecule has 8 nitrogen and oxygen atoms in total. The van der Waals surface area contributed by atoms with E-state index in [0.29, 0.717) is 0 Å². The summed E-state index contributed by atoms with van der Waals surface area (Å²) in [6.07, 6.45) is -2.99. The van der Waals surface area contributed by atoms with Crippen LogP contribution in [0.25, 0.3) is 0 Å². The van der Waals surface area contributed by atoms with Crippen LogP contribution in [-0.4, -0.2) is 70.0 Å². The lowest BCUT2D eigenvalue weighted by molar-refractivity contribution is -0.179. The Hall–Kier alpha value is -1.22. The smallest absolute Gasteiger partial charge is 0.309 e. The Labute approximate surface area is 167 Å². The minimum Gasteiger partial charge on any atom is -0.465 e. The number of hydrogen-bond donors (Lipinski definition) is 3. The minimum atomic E-state index is -1.03. The number of esters is 2. The standard InChI is InChI=1S/C20H37NO7/c1-11(2)9-27-19(25)15-7-17(21(13(5)22)14(6)23)18(24)8-16(15)20(26)28-10-12(3)4/h11-18,22-24H,7-10H2,1-6H3. The summed E-state index contributed by atoms with van der Waals surface area (Å²) in [5.41, 5.74) is 0. The molecule has 164 valence electrons. The number of aliphatic hydroxyl groups excluding tert-OH is 3. The van der Waals surface area contributed by atoms with Crippen molar-refractivity contribution in [2.45, 2.75) is 79.0 Å². The molecular weight excluding hydrogens is 366 g/mol. The van der Waals surface area contributed by atoms with Crippen LogP contribution >= 0.6 is 0 Å². The van der Waals surface area contributed by atoms with Crippen LogP contribution in [0.3, 0.4) is 0 Å². The zero-order chi connectivity index (χ0) is 21.6. The van der Waals surface area contributed by atoms with Crippen molar-refractivity contribution in [1.82, 2.24) is 4.90 Å². The molecule has 0 spiro atoms. The number of carbonyl (C=O) groups excluding carboxylic acids is 2. The highest BCUT2D eigenvalue weighted by Crippen LogP contribution is 2.36. The second-order valence-electron chi connectivity index (χ2n) is 8.58. The van der Waals surface area contributed by atoms with Gasteiger partial charge in [0.25, 0.3) is 0 Å². The summed E-state index contributed by atoms with van der Waals surface area (Å²) in [5.74, 6) is -2.39. The van der Waals surface area contributed by atoms with Gasteiger partial charge in [-0.3, -0.25) is 9.59 Å². The minimum absolute atomic E-state index is 0.00101. The highest BCUT2D eigenvalue weighted by molar-refractivity contribution is 5.82. The number of nitrogens with zero attached hydrogens (tertiary/aromatic N) is 1. The van der Waals surface area contributed by atoms with Crippen LogP contribution in [0.1, 0.15) is 54.4 Å². The Morgan fingerprint density at radius 3 is 1.61 bits per heavy atom. The lowest BCUT2D eigenvalue weighted by Gasteiger charge is -2.44. The fourth-order valence-corrected chi connectivity index (χ4v) is 3.58. The van der Waals surface area contributed by atoms with Crippen LogP contribution in [0, 0.1) is 23.7 Å². The molecule has 0 aromatic heterocycles. The first-order valence-electron chi connectivity index (χ1n) is 10.1. The quantitative estimate of drug-likeness (QED) is 0.387. The Balaban J connectivity index is 3.06. The highest BCUT2D eigenvalue weighted by atomic mass is 16.5. The van der Waals surface area contributed by atoms with E-state index in [1.165, 1.54) is 18.7 Å². The zero-order valence-corrected chi connectivity index (χ0v) is 17.9. The van der Waals surface area contributed by atoms with E-state index in [1.54, 1.807) is 0 Å². The molecule has 6 unspecified atom stereocenters. The SMILES string of the molecule is CC(C)COC(=O)C1CC(O)C(N(C(C)O)C(C)O)CC1C(=O)OCC(C)C. The molecule has 6 atom stereocenters. The Morgan fingerprint density at radius 2 is 1.25 bits per heavy atom. The first kappa shape index (κ1) is 24.8. The summed E-state index contributed by atoms with van der Waals surface area (Å²) in [4.78, 5) is 26.6. The molecule has 0 heterocycles. The Kier molecular flexibility index (Phi) is 9.83. The number of ether oxygens (including phenoxy) is 2. The molecule has 0 bridgehead atoms. The van der Waals surface area contributed by atoms with Crippen molar-refractivity contribution in [2.24, 2.45) is 23.7 Å². The number of aliphatic hydroxyl groups is 3. The third-order valence-corrected chi connectivity index (χ3v) is 4.89. The van der Waals surface area contributed by atoms with E-state index in [-0.39, 0.29) is 37.9 Å². The van der Waals surface area contributed by atoms with Gasteiger partial charge in [-0.15, -0.1) is 0 Å². The van der Waals surface area contributed by atoms with E-state index in [9.17, 15) is 24.9 Å². The van der Waals surface area contributed by atoms with Crippen molar-refractivity contribution in [3.05, 3.63) is 0 Å². The van der Waals surface area contributed by atoms with Crippen LogP contribution in [-0.2, 0) is 19.1 Å². The average Bonchev–Trinajstić information content (AvgIpc) is 2.58. The summed E-state index contributed by atoms with van der Waals surface area (Å²) >= 11 is 0. The first-order valence-corrected chi connectivity index (χ1v) is 10.1. The molecule has 0 aromatic carbocycles. The molecule has 1 aliphatic carbocycles. The number of rotatable bonds is 9. The van der Waals surface area contributed by atoms with Gasteiger partial charge in [0, 0.05) is 6.04 Å². The van der Waals surface area contributed by atoms with Gasteiger partial charge < -0.3 is 24.8 Å². The van der Waals surface area contributed by atoms with Gasteiger partial charge in [-0.1, -0.05) is 27.7 Å². The lowest BCUT2D eigenvalue weighted by Crippen LogP contribution is -2.57. The van der Waals surface area contributed by atoms with Crippen LogP contribution in [0.5, 0.6) is 0 Å². The van der Waals surface area contributed by atoms with E-state index in [4.69, 9.17) is 9.47 Å². The van der Waals surface area contributed by atoms with Gasteiger partial charge in [-0.05, 0) is 38.5 Å². The highest BCUT2D eigenvalue weighted by Gasteiger charge is 2.48. The first-order chi connectivity index (χ1) is 13.0. The van der Waals surface area contributed by atoms with E-state index in [1.807, 2.05) is 27.7 Å². The fourth-order valence-electron chi connectivity index (χ4n) is 3.58. The summed E-state index contributed by atoms with van der Waals surface area (Å²) in [7, 11) is 0.